The van der Waals surface area contributed by atoms with Crippen LogP contribution < -0.4 is 5.73 Å². The number of carbonyl (C=O) groups is 1. The van der Waals surface area contributed by atoms with Crippen LogP contribution in [-0.2, 0) is 4.79 Å². The van der Waals surface area contributed by atoms with Crippen molar-refractivity contribution in [2.24, 2.45) is 5.73 Å². The molecule has 1 aromatic carbocycles. The van der Waals surface area contributed by atoms with Crippen LogP contribution in [0.1, 0.15) is 18.5 Å². The van der Waals surface area contributed by atoms with Gasteiger partial charge in [0.05, 0.1) is 6.54 Å². The van der Waals surface area contributed by atoms with Crippen molar-refractivity contribution in [2.75, 3.05) is 27.7 Å². The van der Waals surface area contributed by atoms with Crippen molar-refractivity contribution in [2.45, 2.75) is 19.0 Å². The average molecular weight is 249 g/mol. The highest BCUT2D eigenvalue weighted by Crippen LogP contribution is 2.21. The molecule has 4 nitrogen and oxygen atoms in total. The van der Waals surface area contributed by atoms with Gasteiger partial charge in [-0.3, -0.25) is 9.69 Å². The molecule has 0 aliphatic heterocycles. The van der Waals surface area contributed by atoms with Gasteiger partial charge in [-0.05, 0) is 19.5 Å². The van der Waals surface area contributed by atoms with Gasteiger partial charge in [-0.1, -0.05) is 30.3 Å². The molecule has 0 radical (unpaired) electrons. The molecule has 2 atom stereocenters. The lowest BCUT2D eigenvalue weighted by atomic mass is 9.99. The zero-order valence-corrected chi connectivity index (χ0v) is 11.6. The number of hydrogen-bond donors (Lipinski definition) is 1. The van der Waals surface area contributed by atoms with E-state index in [1.807, 2.05) is 49.2 Å². The molecule has 1 aromatic rings. The molecule has 0 aliphatic rings. The van der Waals surface area contributed by atoms with Crippen molar-refractivity contribution >= 4 is 5.91 Å². The van der Waals surface area contributed by atoms with Crippen LogP contribution in [0.15, 0.2) is 30.3 Å². The molecule has 0 saturated carbocycles. The third-order valence-electron chi connectivity index (χ3n) is 3.00. The van der Waals surface area contributed by atoms with Gasteiger partial charge in [0.25, 0.3) is 0 Å². The summed E-state index contributed by atoms with van der Waals surface area (Å²) >= 11 is 0. The van der Waals surface area contributed by atoms with Crippen molar-refractivity contribution < 1.29 is 4.79 Å². The summed E-state index contributed by atoms with van der Waals surface area (Å²) in [4.78, 5) is 15.4. The van der Waals surface area contributed by atoms with Crippen LogP contribution in [0, 0.1) is 0 Å². The summed E-state index contributed by atoms with van der Waals surface area (Å²) in [5, 5.41) is 0. The number of nitrogens with two attached hydrogens (primary N) is 1. The van der Waals surface area contributed by atoms with Crippen molar-refractivity contribution in [1.29, 1.82) is 0 Å². The fraction of sp³-hybridized carbons (Fsp3) is 0.500. The number of rotatable bonds is 5. The Morgan fingerprint density at radius 3 is 2.22 bits per heavy atom. The average Bonchev–Trinajstić information content (AvgIpc) is 2.29. The molecule has 0 bridgehead atoms. The maximum absolute atomic E-state index is 11.8. The Bertz CT molecular complexity index is 376. The fourth-order valence-corrected chi connectivity index (χ4v) is 2.06. The summed E-state index contributed by atoms with van der Waals surface area (Å²) < 4.78 is 0. The molecule has 0 aromatic heterocycles. The molecular weight excluding hydrogens is 226 g/mol. The minimum Gasteiger partial charge on any atom is -0.348 e. The van der Waals surface area contributed by atoms with E-state index in [9.17, 15) is 4.79 Å². The molecule has 1 rings (SSSR count). The molecule has 18 heavy (non-hydrogen) atoms. The van der Waals surface area contributed by atoms with E-state index < -0.39 is 0 Å². The van der Waals surface area contributed by atoms with Crippen molar-refractivity contribution in [3.8, 4) is 0 Å². The normalized spacial score (nSPS) is 14.3. The summed E-state index contributed by atoms with van der Waals surface area (Å²) in [6.07, 6.45) is 0. The van der Waals surface area contributed by atoms with Crippen LogP contribution >= 0.6 is 0 Å². The Labute approximate surface area is 109 Å². The third-order valence-corrected chi connectivity index (χ3v) is 3.00. The molecule has 0 saturated heterocycles. The maximum atomic E-state index is 11.8. The molecule has 0 heterocycles. The Morgan fingerprint density at radius 1 is 1.22 bits per heavy atom. The van der Waals surface area contributed by atoms with E-state index in [0.717, 1.165) is 5.56 Å². The lowest BCUT2D eigenvalue weighted by Gasteiger charge is -2.31. The molecular formula is C14H23N3O. The Hall–Kier alpha value is -1.39. The lowest BCUT2D eigenvalue weighted by molar-refractivity contribution is -0.130. The molecule has 1 amide bonds. The number of hydrogen-bond acceptors (Lipinski definition) is 3. The second kappa shape index (κ2) is 6.52. The zero-order valence-electron chi connectivity index (χ0n) is 11.6. The first-order valence-electron chi connectivity index (χ1n) is 6.14. The van der Waals surface area contributed by atoms with Gasteiger partial charge < -0.3 is 10.6 Å². The molecule has 0 spiro atoms. The van der Waals surface area contributed by atoms with Crippen LogP contribution in [0.5, 0.6) is 0 Å². The third kappa shape index (κ3) is 3.82. The lowest BCUT2D eigenvalue weighted by Crippen LogP contribution is -2.42. The topological polar surface area (TPSA) is 49.6 Å². The largest absolute Gasteiger partial charge is 0.348 e. The number of likely N-dealkylation sites (N-methyl/N-ethyl adjacent to an activating group) is 2. The summed E-state index contributed by atoms with van der Waals surface area (Å²) in [5.41, 5.74) is 7.20. The minimum atomic E-state index is -0.0348. The SMILES string of the molecule is CC(N)C(c1ccccc1)N(C)CC(=O)N(C)C. The standard InChI is InChI=1S/C14H23N3O/c1-11(15)14(12-8-6-5-7-9-12)17(4)10-13(18)16(2)3/h5-9,11,14H,10,15H2,1-4H3. The molecule has 2 unspecified atom stereocenters. The highest BCUT2D eigenvalue weighted by molar-refractivity contribution is 5.77. The Kier molecular flexibility index (Phi) is 5.31. The van der Waals surface area contributed by atoms with Gasteiger partial charge in [0, 0.05) is 26.2 Å². The Balaban J connectivity index is 2.83. The number of nitrogens with zero attached hydrogens (tertiary/aromatic N) is 2. The first kappa shape index (κ1) is 14.7. The minimum absolute atomic E-state index is 0.0348. The van der Waals surface area contributed by atoms with Gasteiger partial charge in [0.1, 0.15) is 0 Å². The Morgan fingerprint density at radius 2 is 1.78 bits per heavy atom. The van der Waals surface area contributed by atoms with Gasteiger partial charge in [-0.15, -0.1) is 0 Å². The highest BCUT2D eigenvalue weighted by atomic mass is 16.2. The first-order chi connectivity index (χ1) is 8.43. The molecule has 0 aliphatic carbocycles. The van der Waals surface area contributed by atoms with Gasteiger partial charge in [-0.2, -0.15) is 0 Å². The second-order valence-corrected chi connectivity index (χ2v) is 4.92. The van der Waals surface area contributed by atoms with Gasteiger partial charge in [0.15, 0.2) is 0 Å². The van der Waals surface area contributed by atoms with Crippen LogP contribution in [0.3, 0.4) is 0 Å². The van der Waals surface area contributed by atoms with E-state index in [0.29, 0.717) is 6.54 Å². The quantitative estimate of drug-likeness (QED) is 0.850. The first-order valence-corrected chi connectivity index (χ1v) is 6.14. The van der Waals surface area contributed by atoms with E-state index in [4.69, 9.17) is 5.73 Å². The fourth-order valence-electron chi connectivity index (χ4n) is 2.06. The predicted octanol–water partition coefficient (Wildman–Crippen LogP) is 1.09. The number of benzene rings is 1. The summed E-state index contributed by atoms with van der Waals surface area (Å²) in [6.45, 7) is 2.34. The number of carbonyl (C=O) groups excluding carboxylic acids is 1. The van der Waals surface area contributed by atoms with Gasteiger partial charge in [0.2, 0.25) is 5.91 Å². The van der Waals surface area contributed by atoms with Crippen LogP contribution in [0.2, 0.25) is 0 Å². The highest BCUT2D eigenvalue weighted by Gasteiger charge is 2.23. The van der Waals surface area contributed by atoms with E-state index >= 15 is 0 Å². The molecule has 0 fully saturated rings. The molecule has 4 heteroatoms. The second-order valence-electron chi connectivity index (χ2n) is 4.92. The zero-order chi connectivity index (χ0) is 13.7. The summed E-state index contributed by atoms with van der Waals surface area (Å²) in [5.74, 6) is 0.0825. The molecule has 2 N–H and O–H groups in total. The van der Waals surface area contributed by atoms with E-state index in [2.05, 4.69) is 0 Å². The van der Waals surface area contributed by atoms with Crippen molar-refractivity contribution in [3.63, 3.8) is 0 Å². The van der Waals surface area contributed by atoms with Crippen LogP contribution in [0.25, 0.3) is 0 Å². The van der Waals surface area contributed by atoms with Crippen LogP contribution in [-0.4, -0.2) is 49.4 Å². The van der Waals surface area contributed by atoms with E-state index in [-0.39, 0.29) is 18.0 Å². The van der Waals surface area contributed by atoms with Crippen molar-refractivity contribution in [1.82, 2.24) is 9.80 Å². The maximum Gasteiger partial charge on any atom is 0.236 e. The van der Waals surface area contributed by atoms with E-state index in [1.54, 1.807) is 19.0 Å². The summed E-state index contributed by atoms with van der Waals surface area (Å²) in [6, 6.07) is 10.1. The van der Waals surface area contributed by atoms with Gasteiger partial charge in [-0.25, -0.2) is 0 Å². The smallest absolute Gasteiger partial charge is 0.236 e. The summed E-state index contributed by atoms with van der Waals surface area (Å²) in [7, 11) is 5.46. The predicted molar refractivity (Wildman–Crippen MR) is 74.2 cm³/mol. The van der Waals surface area contributed by atoms with E-state index in [1.165, 1.54) is 0 Å². The monoisotopic (exact) mass is 249 g/mol. The number of amides is 1. The molecule has 100 valence electrons. The van der Waals surface area contributed by atoms with Gasteiger partial charge >= 0.3 is 0 Å². The van der Waals surface area contributed by atoms with Crippen LogP contribution in [0.4, 0.5) is 0 Å². The van der Waals surface area contributed by atoms with Crippen molar-refractivity contribution in [3.05, 3.63) is 35.9 Å².